The molecule has 5 heteroatoms. The number of hydrazine groups is 1. The second-order valence-electron chi connectivity index (χ2n) is 3.11. The van der Waals surface area contributed by atoms with E-state index in [1.807, 2.05) is 6.92 Å². The molecule has 1 rings (SSSR count). The Bertz CT molecular complexity index is 205. The molecule has 2 unspecified atom stereocenters. The lowest BCUT2D eigenvalue weighted by molar-refractivity contribution is -0.140. The quantitative estimate of drug-likeness (QED) is 0.202. The van der Waals surface area contributed by atoms with Crippen LogP contribution in [-0.2, 0) is 9.59 Å². The summed E-state index contributed by atoms with van der Waals surface area (Å²) in [7, 11) is 0. The summed E-state index contributed by atoms with van der Waals surface area (Å²) in [5.41, 5.74) is 1.78. The van der Waals surface area contributed by atoms with E-state index < -0.39 is 11.8 Å². The number of carbonyl (C=O) groups excluding carboxylic acids is 2. The van der Waals surface area contributed by atoms with Crippen molar-refractivity contribution in [2.24, 2.45) is 11.8 Å². The summed E-state index contributed by atoms with van der Waals surface area (Å²) in [6.45, 7) is 2.04. The third kappa shape index (κ3) is 1.73. The molecular weight excluding hydrogens is 158 g/mol. The van der Waals surface area contributed by atoms with E-state index in [0.29, 0.717) is 5.92 Å². The monoisotopic (exact) mass is 171 g/mol. The molecule has 1 aliphatic rings. The minimum absolute atomic E-state index is 0.148. The van der Waals surface area contributed by atoms with Gasteiger partial charge in [0.15, 0.2) is 0 Å². The van der Waals surface area contributed by atoms with E-state index in [-0.39, 0.29) is 6.04 Å². The Labute approximate surface area is 70.7 Å². The highest BCUT2D eigenvalue weighted by Gasteiger charge is 2.29. The first-order chi connectivity index (χ1) is 5.65. The van der Waals surface area contributed by atoms with Crippen molar-refractivity contribution >= 4 is 11.8 Å². The van der Waals surface area contributed by atoms with E-state index in [2.05, 4.69) is 5.32 Å². The summed E-state index contributed by atoms with van der Waals surface area (Å²) >= 11 is 0. The van der Waals surface area contributed by atoms with Gasteiger partial charge in [-0.1, -0.05) is 6.92 Å². The van der Waals surface area contributed by atoms with E-state index in [1.165, 1.54) is 0 Å². The average molecular weight is 171 g/mol. The highest BCUT2D eigenvalue weighted by Crippen LogP contribution is 2.26. The van der Waals surface area contributed by atoms with E-state index in [1.54, 1.807) is 5.43 Å². The van der Waals surface area contributed by atoms with Gasteiger partial charge in [0.25, 0.3) is 0 Å². The molecule has 5 nitrogen and oxygen atoms in total. The van der Waals surface area contributed by atoms with Gasteiger partial charge in [0.1, 0.15) is 0 Å². The largest absolute Gasteiger partial charge is 0.345 e. The molecule has 12 heavy (non-hydrogen) atoms. The predicted octanol–water partition coefficient (Wildman–Crippen LogP) is -1.11. The lowest BCUT2D eigenvalue weighted by atomic mass is 9.81. The fourth-order valence-corrected chi connectivity index (χ4v) is 1.18. The van der Waals surface area contributed by atoms with Crippen molar-refractivity contribution in [1.82, 2.24) is 10.7 Å². The van der Waals surface area contributed by atoms with Gasteiger partial charge in [0.2, 0.25) is 0 Å². The molecule has 0 bridgehead atoms. The van der Waals surface area contributed by atoms with Crippen LogP contribution in [0.3, 0.4) is 0 Å². The van der Waals surface area contributed by atoms with Crippen LogP contribution in [0.1, 0.15) is 19.8 Å². The second kappa shape index (κ2) is 3.53. The van der Waals surface area contributed by atoms with Crippen LogP contribution in [0.25, 0.3) is 0 Å². The SMILES string of the molecule is CC1CCC1NC(=O)C(=O)NN. The summed E-state index contributed by atoms with van der Waals surface area (Å²) in [6.07, 6.45) is 2.06. The molecule has 0 aromatic heterocycles. The molecule has 1 aliphatic carbocycles. The number of amides is 2. The fourth-order valence-electron chi connectivity index (χ4n) is 1.18. The molecule has 2 atom stereocenters. The zero-order valence-electron chi connectivity index (χ0n) is 6.96. The van der Waals surface area contributed by atoms with Gasteiger partial charge in [0, 0.05) is 6.04 Å². The lowest BCUT2D eigenvalue weighted by Crippen LogP contribution is -2.51. The maximum atomic E-state index is 10.9. The predicted molar refractivity (Wildman–Crippen MR) is 42.7 cm³/mol. The third-order valence-corrected chi connectivity index (χ3v) is 2.27. The van der Waals surface area contributed by atoms with E-state index in [9.17, 15) is 9.59 Å². The van der Waals surface area contributed by atoms with Crippen LogP contribution in [0, 0.1) is 5.92 Å². The molecule has 1 saturated carbocycles. The first-order valence-corrected chi connectivity index (χ1v) is 3.96. The maximum Gasteiger partial charge on any atom is 0.323 e. The second-order valence-corrected chi connectivity index (χ2v) is 3.11. The molecule has 4 N–H and O–H groups in total. The summed E-state index contributed by atoms with van der Waals surface area (Å²) in [4.78, 5) is 21.6. The molecule has 0 saturated heterocycles. The van der Waals surface area contributed by atoms with Crippen molar-refractivity contribution in [2.45, 2.75) is 25.8 Å². The van der Waals surface area contributed by atoms with Crippen LogP contribution in [0.4, 0.5) is 0 Å². The normalized spacial score (nSPS) is 27.2. The van der Waals surface area contributed by atoms with Gasteiger partial charge in [-0.2, -0.15) is 0 Å². The van der Waals surface area contributed by atoms with Gasteiger partial charge in [-0.05, 0) is 18.8 Å². The van der Waals surface area contributed by atoms with Crippen LogP contribution < -0.4 is 16.6 Å². The first kappa shape index (κ1) is 8.99. The van der Waals surface area contributed by atoms with Crippen molar-refractivity contribution in [3.63, 3.8) is 0 Å². The lowest BCUT2D eigenvalue weighted by Gasteiger charge is -2.33. The Morgan fingerprint density at radius 1 is 1.33 bits per heavy atom. The highest BCUT2D eigenvalue weighted by molar-refractivity contribution is 6.34. The van der Waals surface area contributed by atoms with Gasteiger partial charge in [0.05, 0.1) is 0 Å². The number of rotatable bonds is 1. The molecule has 68 valence electrons. The van der Waals surface area contributed by atoms with Crippen LogP contribution in [0.2, 0.25) is 0 Å². The zero-order chi connectivity index (χ0) is 9.14. The standard InChI is InChI=1S/C7H13N3O2/c1-4-2-3-5(4)9-6(11)7(12)10-8/h4-5H,2-3,8H2,1H3,(H,9,11)(H,10,12). The first-order valence-electron chi connectivity index (χ1n) is 3.96. The summed E-state index contributed by atoms with van der Waals surface area (Å²) in [5.74, 6) is 3.83. The highest BCUT2D eigenvalue weighted by atomic mass is 16.2. The van der Waals surface area contributed by atoms with Gasteiger partial charge < -0.3 is 5.32 Å². The minimum Gasteiger partial charge on any atom is -0.345 e. The molecule has 0 radical (unpaired) electrons. The Kier molecular flexibility index (Phi) is 2.65. The van der Waals surface area contributed by atoms with Crippen LogP contribution in [0.15, 0.2) is 0 Å². The topological polar surface area (TPSA) is 84.2 Å². The van der Waals surface area contributed by atoms with Gasteiger partial charge in [-0.25, -0.2) is 5.84 Å². The smallest absolute Gasteiger partial charge is 0.323 e. The van der Waals surface area contributed by atoms with E-state index in [0.717, 1.165) is 12.8 Å². The Morgan fingerprint density at radius 3 is 2.33 bits per heavy atom. The minimum atomic E-state index is -0.783. The summed E-state index contributed by atoms with van der Waals surface area (Å²) in [5, 5.41) is 2.59. The third-order valence-electron chi connectivity index (χ3n) is 2.27. The Morgan fingerprint density at radius 2 is 2.00 bits per heavy atom. The summed E-state index contributed by atoms with van der Waals surface area (Å²) in [6, 6.07) is 0.148. The Balaban J connectivity index is 2.31. The van der Waals surface area contributed by atoms with Crippen molar-refractivity contribution in [1.29, 1.82) is 0 Å². The molecule has 0 spiro atoms. The average Bonchev–Trinajstić information content (AvgIpc) is 2.09. The molecule has 0 aliphatic heterocycles. The maximum absolute atomic E-state index is 10.9. The van der Waals surface area contributed by atoms with E-state index >= 15 is 0 Å². The van der Waals surface area contributed by atoms with Gasteiger partial charge in [-0.15, -0.1) is 0 Å². The number of hydrogen-bond donors (Lipinski definition) is 3. The summed E-state index contributed by atoms with van der Waals surface area (Å²) < 4.78 is 0. The van der Waals surface area contributed by atoms with Crippen LogP contribution >= 0.6 is 0 Å². The van der Waals surface area contributed by atoms with Crippen molar-refractivity contribution < 1.29 is 9.59 Å². The molecule has 0 aromatic rings. The molecule has 2 amide bonds. The van der Waals surface area contributed by atoms with Crippen molar-refractivity contribution in [3.8, 4) is 0 Å². The number of nitrogens with one attached hydrogen (secondary N) is 2. The Hall–Kier alpha value is -1.10. The van der Waals surface area contributed by atoms with Crippen molar-refractivity contribution in [3.05, 3.63) is 0 Å². The molecule has 0 aromatic carbocycles. The zero-order valence-corrected chi connectivity index (χ0v) is 6.96. The van der Waals surface area contributed by atoms with Gasteiger partial charge in [-0.3, -0.25) is 15.0 Å². The fraction of sp³-hybridized carbons (Fsp3) is 0.714. The molecular formula is C7H13N3O2. The molecule has 1 fully saturated rings. The van der Waals surface area contributed by atoms with Crippen molar-refractivity contribution in [2.75, 3.05) is 0 Å². The van der Waals surface area contributed by atoms with E-state index in [4.69, 9.17) is 5.84 Å². The molecule has 0 heterocycles. The number of hydrogen-bond acceptors (Lipinski definition) is 3. The number of carbonyl (C=O) groups is 2. The van der Waals surface area contributed by atoms with Gasteiger partial charge >= 0.3 is 11.8 Å². The van der Waals surface area contributed by atoms with Crippen LogP contribution in [0.5, 0.6) is 0 Å². The van der Waals surface area contributed by atoms with Crippen LogP contribution in [-0.4, -0.2) is 17.9 Å². The number of nitrogens with two attached hydrogens (primary N) is 1.